The molecule has 2 fully saturated rings. The fourth-order valence-electron chi connectivity index (χ4n) is 3.79. The normalized spacial score (nSPS) is 17.9. The molecule has 30 heavy (non-hydrogen) atoms. The molecule has 2 amide bonds. The predicted molar refractivity (Wildman–Crippen MR) is 116 cm³/mol. The second-order valence-electron chi connectivity index (χ2n) is 7.81. The topological polar surface area (TPSA) is 67.8 Å². The highest BCUT2D eigenvalue weighted by Gasteiger charge is 2.24. The Labute approximate surface area is 176 Å². The number of benzene rings is 1. The van der Waals surface area contributed by atoms with Crippen molar-refractivity contribution in [2.75, 3.05) is 74.5 Å². The molecule has 4 rings (SSSR count). The summed E-state index contributed by atoms with van der Waals surface area (Å²) in [5.74, 6) is 2.18. The van der Waals surface area contributed by atoms with Crippen molar-refractivity contribution in [1.82, 2.24) is 19.8 Å². The Morgan fingerprint density at radius 3 is 2.10 bits per heavy atom. The maximum Gasteiger partial charge on any atom is 0.322 e. The summed E-state index contributed by atoms with van der Waals surface area (Å²) in [7, 11) is 2.13. The van der Waals surface area contributed by atoms with Gasteiger partial charge in [-0.15, -0.1) is 0 Å². The summed E-state index contributed by atoms with van der Waals surface area (Å²) in [6.07, 6.45) is 0. The minimum absolute atomic E-state index is 0.202. The first-order valence-electron chi connectivity index (χ1n) is 10.3. The highest BCUT2D eigenvalue weighted by atomic mass is 19.1. The largest absolute Gasteiger partial charge is 0.354 e. The van der Waals surface area contributed by atoms with Gasteiger partial charge in [-0.25, -0.2) is 19.2 Å². The fraction of sp³-hybridized carbons (Fsp3) is 0.476. The Morgan fingerprint density at radius 2 is 1.50 bits per heavy atom. The van der Waals surface area contributed by atoms with Gasteiger partial charge in [0.25, 0.3) is 0 Å². The third kappa shape index (κ3) is 4.62. The number of aryl methyl sites for hydroxylation is 1. The molecule has 1 aromatic heterocycles. The number of anilines is 3. The van der Waals surface area contributed by atoms with Crippen molar-refractivity contribution >= 4 is 23.4 Å². The van der Waals surface area contributed by atoms with Gasteiger partial charge in [-0.3, -0.25) is 0 Å². The molecule has 1 N–H and O–H groups in total. The number of piperazine rings is 2. The van der Waals surface area contributed by atoms with E-state index in [0.717, 1.165) is 43.6 Å². The molecular formula is C21H28FN7O. The van der Waals surface area contributed by atoms with E-state index in [2.05, 4.69) is 37.0 Å². The van der Waals surface area contributed by atoms with Gasteiger partial charge in [-0.1, -0.05) is 12.1 Å². The van der Waals surface area contributed by atoms with Crippen LogP contribution in [0.2, 0.25) is 0 Å². The number of amides is 2. The molecule has 0 radical (unpaired) electrons. The smallest absolute Gasteiger partial charge is 0.322 e. The number of likely N-dealkylation sites (N-methyl/N-ethyl adjacent to an activating group) is 1. The Morgan fingerprint density at radius 1 is 0.933 bits per heavy atom. The summed E-state index contributed by atoms with van der Waals surface area (Å²) in [6.45, 7) is 8.31. The molecule has 0 spiro atoms. The molecule has 160 valence electrons. The number of urea groups is 1. The molecular weight excluding hydrogens is 385 g/mol. The SMILES string of the molecule is Cc1nc(N2CCN(C)CC2)cc(N2CCN(C(=O)Nc3ccccc3F)CC2)n1. The first-order valence-corrected chi connectivity index (χ1v) is 10.3. The Kier molecular flexibility index (Phi) is 5.98. The van der Waals surface area contributed by atoms with E-state index in [-0.39, 0.29) is 11.7 Å². The molecule has 2 saturated heterocycles. The number of aromatic nitrogens is 2. The Bertz CT molecular complexity index is 893. The third-order valence-electron chi connectivity index (χ3n) is 5.64. The van der Waals surface area contributed by atoms with Crippen LogP contribution in [0.25, 0.3) is 0 Å². The lowest BCUT2D eigenvalue weighted by Gasteiger charge is -2.36. The van der Waals surface area contributed by atoms with Gasteiger partial charge < -0.3 is 24.9 Å². The summed E-state index contributed by atoms with van der Waals surface area (Å²) in [6, 6.07) is 7.97. The zero-order valence-electron chi connectivity index (χ0n) is 17.5. The molecule has 1 aromatic carbocycles. The molecule has 0 atom stereocenters. The number of nitrogens with one attached hydrogen (secondary N) is 1. The second-order valence-corrected chi connectivity index (χ2v) is 7.81. The van der Waals surface area contributed by atoms with E-state index in [9.17, 15) is 9.18 Å². The zero-order valence-corrected chi connectivity index (χ0v) is 17.5. The number of rotatable bonds is 3. The Hall–Kier alpha value is -2.94. The van der Waals surface area contributed by atoms with Gasteiger partial charge in [-0.05, 0) is 26.1 Å². The van der Waals surface area contributed by atoms with E-state index < -0.39 is 5.82 Å². The van der Waals surface area contributed by atoms with Crippen LogP contribution in [0.5, 0.6) is 0 Å². The monoisotopic (exact) mass is 413 g/mol. The molecule has 2 aliphatic rings. The lowest BCUT2D eigenvalue weighted by atomic mass is 10.3. The van der Waals surface area contributed by atoms with Gasteiger partial charge in [0, 0.05) is 58.4 Å². The van der Waals surface area contributed by atoms with Crippen LogP contribution >= 0.6 is 0 Å². The zero-order chi connectivity index (χ0) is 21.1. The van der Waals surface area contributed by atoms with Crippen molar-refractivity contribution in [1.29, 1.82) is 0 Å². The average Bonchev–Trinajstić information content (AvgIpc) is 2.75. The average molecular weight is 414 g/mol. The highest BCUT2D eigenvalue weighted by Crippen LogP contribution is 2.22. The molecule has 8 nitrogen and oxygen atoms in total. The van der Waals surface area contributed by atoms with Crippen LogP contribution in [-0.2, 0) is 0 Å². The van der Waals surface area contributed by atoms with Crippen molar-refractivity contribution < 1.29 is 9.18 Å². The molecule has 2 aliphatic heterocycles. The lowest BCUT2D eigenvalue weighted by Crippen LogP contribution is -2.50. The molecule has 0 aliphatic carbocycles. The van der Waals surface area contributed by atoms with Gasteiger partial charge in [0.15, 0.2) is 0 Å². The third-order valence-corrected chi connectivity index (χ3v) is 5.64. The number of carbonyl (C=O) groups excluding carboxylic acids is 1. The Balaban J connectivity index is 1.38. The number of carbonyl (C=O) groups is 1. The fourth-order valence-corrected chi connectivity index (χ4v) is 3.79. The summed E-state index contributed by atoms with van der Waals surface area (Å²) in [4.78, 5) is 30.3. The van der Waals surface area contributed by atoms with Gasteiger partial charge in [0.1, 0.15) is 23.3 Å². The highest BCUT2D eigenvalue weighted by molar-refractivity contribution is 5.89. The van der Waals surface area contributed by atoms with E-state index in [1.54, 1.807) is 23.1 Å². The first kappa shape index (κ1) is 20.3. The van der Waals surface area contributed by atoms with Crippen LogP contribution in [0.15, 0.2) is 30.3 Å². The van der Waals surface area contributed by atoms with E-state index >= 15 is 0 Å². The number of halogens is 1. The maximum atomic E-state index is 13.8. The van der Waals surface area contributed by atoms with Crippen molar-refractivity contribution in [2.24, 2.45) is 0 Å². The van der Waals surface area contributed by atoms with Crippen molar-refractivity contribution in [2.45, 2.75) is 6.92 Å². The van der Waals surface area contributed by atoms with E-state index in [4.69, 9.17) is 0 Å². The van der Waals surface area contributed by atoms with Crippen LogP contribution in [0, 0.1) is 12.7 Å². The van der Waals surface area contributed by atoms with Crippen LogP contribution in [0.1, 0.15) is 5.82 Å². The van der Waals surface area contributed by atoms with E-state index in [1.165, 1.54) is 6.07 Å². The molecule has 2 aromatic rings. The molecule has 0 bridgehead atoms. The quantitative estimate of drug-likeness (QED) is 0.831. The molecule has 3 heterocycles. The minimum Gasteiger partial charge on any atom is -0.354 e. The van der Waals surface area contributed by atoms with Crippen LogP contribution < -0.4 is 15.1 Å². The minimum atomic E-state index is -0.433. The number of hydrogen-bond acceptors (Lipinski definition) is 6. The lowest BCUT2D eigenvalue weighted by molar-refractivity contribution is 0.208. The standard InChI is InChI=1S/C21H28FN7O/c1-16-23-19(27-9-7-26(2)8-10-27)15-20(24-16)28-11-13-29(14-12-28)21(30)25-18-6-4-3-5-17(18)22/h3-6,15H,7-14H2,1-2H3,(H,25,30). The van der Waals surface area contributed by atoms with Crippen molar-refractivity contribution in [3.8, 4) is 0 Å². The number of hydrogen-bond donors (Lipinski definition) is 1. The molecule has 0 unspecified atom stereocenters. The summed E-state index contributed by atoms with van der Waals surface area (Å²) < 4.78 is 13.8. The van der Waals surface area contributed by atoms with Crippen LogP contribution in [0.4, 0.5) is 26.5 Å². The van der Waals surface area contributed by atoms with E-state index in [0.29, 0.717) is 26.2 Å². The van der Waals surface area contributed by atoms with Gasteiger partial charge in [0.05, 0.1) is 5.69 Å². The summed E-state index contributed by atoms with van der Waals surface area (Å²) in [5.41, 5.74) is 0.202. The van der Waals surface area contributed by atoms with Crippen molar-refractivity contribution in [3.63, 3.8) is 0 Å². The van der Waals surface area contributed by atoms with Gasteiger partial charge in [0.2, 0.25) is 0 Å². The van der Waals surface area contributed by atoms with E-state index in [1.807, 2.05) is 13.0 Å². The molecule has 0 saturated carbocycles. The van der Waals surface area contributed by atoms with Crippen LogP contribution in [0.3, 0.4) is 0 Å². The number of para-hydroxylation sites is 1. The van der Waals surface area contributed by atoms with Gasteiger partial charge >= 0.3 is 6.03 Å². The molecule has 9 heteroatoms. The number of nitrogens with zero attached hydrogens (tertiary/aromatic N) is 6. The summed E-state index contributed by atoms with van der Waals surface area (Å²) in [5, 5.41) is 2.66. The summed E-state index contributed by atoms with van der Waals surface area (Å²) >= 11 is 0. The first-order chi connectivity index (χ1) is 14.5. The predicted octanol–water partition coefficient (Wildman–Crippen LogP) is 2.03. The van der Waals surface area contributed by atoms with Gasteiger partial charge in [-0.2, -0.15) is 0 Å². The van der Waals surface area contributed by atoms with Crippen LogP contribution in [-0.4, -0.2) is 85.2 Å². The van der Waals surface area contributed by atoms with Crippen molar-refractivity contribution in [3.05, 3.63) is 42.0 Å². The maximum absolute atomic E-state index is 13.8. The second kappa shape index (κ2) is 8.83.